The van der Waals surface area contributed by atoms with Crippen molar-refractivity contribution in [3.8, 4) is 11.5 Å². The number of carboxylic acids is 1. The van der Waals surface area contributed by atoms with Crippen LogP contribution < -0.4 is 46.0 Å². The van der Waals surface area contributed by atoms with Crippen molar-refractivity contribution in [1.82, 2.24) is 31.9 Å². The van der Waals surface area contributed by atoms with E-state index in [0.717, 1.165) is 18.6 Å². The maximum absolute atomic E-state index is 13.9. The van der Waals surface area contributed by atoms with Crippen molar-refractivity contribution in [3.05, 3.63) is 59.7 Å². The van der Waals surface area contributed by atoms with Gasteiger partial charge in [-0.15, -0.1) is 0 Å². The predicted molar refractivity (Wildman–Crippen MR) is 236 cm³/mol. The number of carbonyl (C=O) groups excluding carboxylic acids is 5. The number of carbonyl (C=O) groups is 6. The molecule has 2 fully saturated rings. The zero-order valence-electron chi connectivity index (χ0n) is 35.8. The summed E-state index contributed by atoms with van der Waals surface area (Å²) in [5.74, 6) is -4.01. The van der Waals surface area contributed by atoms with Crippen molar-refractivity contribution in [2.24, 2.45) is 11.7 Å². The van der Waals surface area contributed by atoms with E-state index in [1.165, 1.54) is 48.5 Å². The Hall–Kier alpha value is -5.21. The number of aliphatic carboxylic acids is 1. The van der Waals surface area contributed by atoms with E-state index < -0.39 is 74.6 Å². The lowest BCUT2D eigenvalue weighted by Crippen LogP contribution is -2.59. The topological polar surface area (TPSA) is 348 Å². The van der Waals surface area contributed by atoms with Crippen molar-refractivity contribution in [3.63, 3.8) is 0 Å². The van der Waals surface area contributed by atoms with E-state index >= 15 is 0 Å². The van der Waals surface area contributed by atoms with E-state index in [-0.39, 0.29) is 61.3 Å². The molecular weight excluding hydrogens is 915 g/mol. The number of urea groups is 1. The Bertz CT molecular complexity index is 2200. The zero-order valence-corrected chi connectivity index (χ0v) is 38.2. The molecule has 2 heterocycles. The van der Waals surface area contributed by atoms with Crippen LogP contribution in [-0.2, 0) is 57.6 Å². The number of nitrogens with two attached hydrogens (primary N) is 1. The lowest BCUT2D eigenvalue weighted by molar-refractivity contribution is -0.142. The van der Waals surface area contributed by atoms with Crippen LogP contribution in [-0.4, -0.2) is 120 Å². The molecule has 65 heavy (non-hydrogen) atoms. The standard InChI is InChI=1S/C40H57N7O15S3/c1-3-23(2)34(46-36(49)28(41)20-24-11-15-26(16-12-24)61-64(55,56)57)38(51)44-30(21-25-13-17-27(18-14-25)62-65(58,59)60)37(50)43-29(39(52)53)8-6-7-19-42-33(48)10-5-4-9-32-35-31(22-63-32)45-40(54)47-35/h11-18,23,28-32,34-35H,3-10,19-22,41H2,1-2H3,(H,42,48)(H,43,50)(H,44,51)(H,46,49)(H,52,53)(H2,45,47,54)(H,55,56,57)(H,58,59,60)/t23-,28-,29-,30-,31-,32-,34-,35-/m0/s1. The highest BCUT2D eigenvalue weighted by Crippen LogP contribution is 2.33. The molecule has 2 saturated heterocycles. The van der Waals surface area contributed by atoms with Crippen LogP contribution in [0.15, 0.2) is 48.5 Å². The van der Waals surface area contributed by atoms with Gasteiger partial charge >= 0.3 is 32.8 Å². The van der Waals surface area contributed by atoms with Crippen LogP contribution in [0.3, 0.4) is 0 Å². The highest BCUT2D eigenvalue weighted by molar-refractivity contribution is 8.00. The summed E-state index contributed by atoms with van der Waals surface area (Å²) in [6.07, 6.45) is 3.45. The van der Waals surface area contributed by atoms with Crippen LogP contribution in [0, 0.1) is 5.92 Å². The van der Waals surface area contributed by atoms with Gasteiger partial charge in [0.25, 0.3) is 0 Å². The molecular formula is C40H57N7O15S3. The first-order chi connectivity index (χ1) is 30.6. The summed E-state index contributed by atoms with van der Waals surface area (Å²) < 4.78 is 71.1. The molecule has 360 valence electrons. The van der Waals surface area contributed by atoms with Crippen molar-refractivity contribution in [1.29, 1.82) is 0 Å². The van der Waals surface area contributed by atoms with Gasteiger partial charge in [-0.2, -0.15) is 28.6 Å². The molecule has 0 aliphatic carbocycles. The quantitative estimate of drug-likeness (QED) is 0.0336. The Morgan fingerprint density at radius 1 is 0.800 bits per heavy atom. The summed E-state index contributed by atoms with van der Waals surface area (Å²) in [4.78, 5) is 77.5. The average molecular weight is 972 g/mol. The van der Waals surface area contributed by atoms with Crippen LogP contribution >= 0.6 is 11.8 Å². The zero-order chi connectivity index (χ0) is 47.9. The van der Waals surface area contributed by atoms with Gasteiger partial charge < -0.3 is 51.1 Å². The summed E-state index contributed by atoms with van der Waals surface area (Å²) in [6, 6.07) is 5.26. The predicted octanol–water partition coefficient (Wildman–Crippen LogP) is 0.760. The lowest BCUT2D eigenvalue weighted by Gasteiger charge is -2.28. The number of amides is 6. The number of unbranched alkanes of at least 4 members (excludes halogenated alkanes) is 2. The van der Waals surface area contributed by atoms with E-state index in [2.05, 4.69) is 40.3 Å². The largest absolute Gasteiger partial charge is 0.480 e. The van der Waals surface area contributed by atoms with Crippen LogP contribution in [0.25, 0.3) is 0 Å². The number of benzene rings is 2. The third kappa shape index (κ3) is 17.9. The molecule has 0 spiro atoms. The molecule has 25 heteroatoms. The molecule has 2 aliphatic rings. The molecule has 2 aliphatic heterocycles. The number of carboxylic acid groups (broad SMARTS) is 1. The van der Waals surface area contributed by atoms with Crippen LogP contribution in [0.1, 0.15) is 76.3 Å². The van der Waals surface area contributed by atoms with E-state index in [9.17, 15) is 50.7 Å². The first-order valence-electron chi connectivity index (χ1n) is 21.0. The number of fused-ring (bicyclic) bond motifs is 1. The summed E-state index contributed by atoms with van der Waals surface area (Å²) in [6.45, 7) is 3.72. The second-order valence-corrected chi connectivity index (χ2v) is 19.2. The van der Waals surface area contributed by atoms with Crippen molar-refractivity contribution >= 4 is 68.2 Å². The third-order valence-corrected chi connectivity index (χ3v) is 13.2. The van der Waals surface area contributed by atoms with Crippen molar-refractivity contribution in [2.45, 2.75) is 120 Å². The minimum Gasteiger partial charge on any atom is -0.480 e. The molecule has 8 atom stereocenters. The molecule has 22 nitrogen and oxygen atoms in total. The van der Waals surface area contributed by atoms with Gasteiger partial charge in [0.1, 0.15) is 29.6 Å². The minimum atomic E-state index is -4.84. The lowest BCUT2D eigenvalue weighted by atomic mass is 9.96. The van der Waals surface area contributed by atoms with E-state index in [0.29, 0.717) is 48.5 Å². The minimum absolute atomic E-state index is 0.0222. The molecule has 6 amide bonds. The molecule has 0 aromatic heterocycles. The highest BCUT2D eigenvalue weighted by atomic mass is 32.3. The van der Waals surface area contributed by atoms with Gasteiger partial charge in [-0.25, -0.2) is 9.59 Å². The molecule has 4 rings (SSSR count). The molecule has 0 bridgehead atoms. The normalized spacial score (nSPS) is 19.2. The van der Waals surface area contributed by atoms with Crippen LogP contribution in [0.2, 0.25) is 0 Å². The maximum Gasteiger partial charge on any atom is 0.446 e. The second kappa shape index (κ2) is 24.4. The van der Waals surface area contributed by atoms with Crippen LogP contribution in [0.5, 0.6) is 11.5 Å². The SMILES string of the molecule is CC[C@H](C)[C@H](NC(=O)[C@@H](N)Cc1ccc(OS(=O)(=O)O)cc1)C(=O)N[C@@H](Cc1ccc(OS(=O)(=O)O)cc1)C(=O)N[C@@H](CCCCNC(=O)CCCC[C@@H]1SC[C@@H]2NC(=O)N[C@@H]21)C(=O)O. The van der Waals surface area contributed by atoms with Gasteiger partial charge in [-0.3, -0.25) is 28.3 Å². The fourth-order valence-corrected chi connectivity index (χ4v) is 9.47. The Labute approximate surface area is 381 Å². The summed E-state index contributed by atoms with van der Waals surface area (Å²) in [7, 11) is -9.59. The van der Waals surface area contributed by atoms with E-state index in [1.54, 1.807) is 13.8 Å². The molecule has 11 N–H and O–H groups in total. The molecule has 0 saturated carbocycles. The summed E-state index contributed by atoms with van der Waals surface area (Å²) in [5, 5.41) is 26.7. The number of hydrogen-bond donors (Lipinski definition) is 10. The fourth-order valence-electron chi connectivity index (χ4n) is 7.21. The third-order valence-electron chi connectivity index (χ3n) is 10.8. The maximum atomic E-state index is 13.9. The Morgan fingerprint density at radius 3 is 1.95 bits per heavy atom. The Balaban J connectivity index is 1.34. The van der Waals surface area contributed by atoms with E-state index in [4.69, 9.17) is 14.8 Å². The Kier molecular flexibility index (Phi) is 19.6. The highest BCUT2D eigenvalue weighted by Gasteiger charge is 2.42. The van der Waals surface area contributed by atoms with Crippen LogP contribution in [0.4, 0.5) is 4.79 Å². The van der Waals surface area contributed by atoms with Gasteiger partial charge in [0.05, 0.1) is 18.1 Å². The van der Waals surface area contributed by atoms with Gasteiger partial charge in [0.2, 0.25) is 23.6 Å². The summed E-state index contributed by atoms with van der Waals surface area (Å²) >= 11 is 1.81. The number of hydrogen-bond acceptors (Lipinski definition) is 14. The molecule has 0 radical (unpaired) electrons. The van der Waals surface area contributed by atoms with Gasteiger partial charge in [-0.05, 0) is 79.8 Å². The first kappa shape index (κ1) is 52.4. The van der Waals surface area contributed by atoms with Gasteiger partial charge in [-0.1, -0.05) is 51.0 Å². The summed E-state index contributed by atoms with van der Waals surface area (Å²) in [5.41, 5.74) is 7.02. The average Bonchev–Trinajstić information content (AvgIpc) is 3.79. The molecule has 2 aromatic carbocycles. The number of nitrogens with one attached hydrogen (secondary N) is 6. The van der Waals surface area contributed by atoms with Crippen molar-refractivity contribution in [2.75, 3.05) is 12.3 Å². The number of thioether (sulfide) groups is 1. The second-order valence-electron chi connectivity index (χ2n) is 15.9. The first-order valence-corrected chi connectivity index (χ1v) is 24.7. The smallest absolute Gasteiger partial charge is 0.446 e. The fraction of sp³-hybridized carbons (Fsp3) is 0.550. The number of rotatable bonds is 27. The molecule has 0 unspecified atom stereocenters. The Morgan fingerprint density at radius 2 is 1.38 bits per heavy atom. The van der Waals surface area contributed by atoms with Gasteiger partial charge in [0.15, 0.2) is 0 Å². The molecule has 2 aromatic rings. The van der Waals surface area contributed by atoms with Gasteiger partial charge in [0, 0.05) is 30.4 Å². The van der Waals surface area contributed by atoms with Crippen molar-refractivity contribution < 1.29 is 68.2 Å². The monoisotopic (exact) mass is 971 g/mol. The van der Waals surface area contributed by atoms with E-state index in [1.807, 2.05) is 11.8 Å².